The van der Waals surface area contributed by atoms with Crippen molar-refractivity contribution in [3.63, 3.8) is 0 Å². The fourth-order valence-electron chi connectivity index (χ4n) is 2.15. The number of hydrogen-bond acceptors (Lipinski definition) is 5. The van der Waals surface area contributed by atoms with Gasteiger partial charge in [-0.05, 0) is 18.2 Å². The van der Waals surface area contributed by atoms with Gasteiger partial charge in [0.2, 0.25) is 5.82 Å². The summed E-state index contributed by atoms with van der Waals surface area (Å²) in [7, 11) is 0. The molecule has 0 radical (unpaired) electrons. The van der Waals surface area contributed by atoms with Crippen molar-refractivity contribution in [3.05, 3.63) is 63.1 Å². The molecule has 3 aromatic rings. The highest BCUT2D eigenvalue weighted by molar-refractivity contribution is 6.31. The first kappa shape index (κ1) is 19.9. The Morgan fingerprint density at radius 2 is 1.75 bits per heavy atom. The summed E-state index contributed by atoms with van der Waals surface area (Å²) >= 11 is 5.84. The molecule has 6 nitrogen and oxygen atoms in total. The van der Waals surface area contributed by atoms with Crippen LogP contribution in [0.3, 0.4) is 0 Å². The van der Waals surface area contributed by atoms with Crippen LogP contribution >= 0.6 is 11.6 Å². The van der Waals surface area contributed by atoms with Crippen LogP contribution in [0.25, 0.3) is 11.4 Å². The molecule has 3 aromatic heterocycles. The monoisotopic (exact) mass is 424 g/mol. The standard InChI is InChI=1S/C15H7ClF6N4O2/c16-8-1-2-10(14(17,18)19)23-9(8)6-26-4-3-7(5-11(26)27)12-24-13(28-25-12)15(20,21)22/h1-5H,6H2. The molecule has 3 heterocycles. The molecule has 0 aromatic carbocycles. The van der Waals surface area contributed by atoms with Gasteiger partial charge in [0.05, 0.1) is 17.3 Å². The minimum absolute atomic E-state index is 0.0661. The molecule has 0 N–H and O–H groups in total. The fraction of sp³-hybridized carbons (Fsp3) is 0.200. The normalized spacial score (nSPS) is 12.4. The summed E-state index contributed by atoms with van der Waals surface area (Å²) in [5, 5.41) is 3.06. The lowest BCUT2D eigenvalue weighted by atomic mass is 10.2. The van der Waals surface area contributed by atoms with Gasteiger partial charge in [0, 0.05) is 17.8 Å². The third-order valence-electron chi connectivity index (χ3n) is 3.45. The Morgan fingerprint density at radius 3 is 2.32 bits per heavy atom. The second-order valence-electron chi connectivity index (χ2n) is 5.43. The summed E-state index contributed by atoms with van der Waals surface area (Å²) in [5.74, 6) is -2.04. The highest BCUT2D eigenvalue weighted by Crippen LogP contribution is 2.30. The van der Waals surface area contributed by atoms with Crippen LogP contribution in [0.15, 0.2) is 39.8 Å². The number of rotatable bonds is 3. The first-order valence-electron chi connectivity index (χ1n) is 7.29. The zero-order chi connectivity index (χ0) is 20.7. The van der Waals surface area contributed by atoms with E-state index in [0.29, 0.717) is 6.07 Å². The van der Waals surface area contributed by atoms with Crippen molar-refractivity contribution in [1.82, 2.24) is 19.7 Å². The van der Waals surface area contributed by atoms with E-state index in [0.717, 1.165) is 22.9 Å². The average Bonchev–Trinajstić information content (AvgIpc) is 3.08. The minimum atomic E-state index is -4.84. The SMILES string of the molecule is O=c1cc(-c2noc(C(F)(F)F)n2)ccn1Cc1nc(C(F)(F)F)ccc1Cl. The summed E-state index contributed by atoms with van der Waals surface area (Å²) in [6.45, 7) is -0.387. The van der Waals surface area contributed by atoms with Gasteiger partial charge in [-0.25, -0.2) is 4.98 Å². The molecule has 0 fully saturated rings. The van der Waals surface area contributed by atoms with E-state index in [2.05, 4.69) is 19.6 Å². The largest absolute Gasteiger partial charge is 0.471 e. The first-order chi connectivity index (χ1) is 12.9. The molecule has 0 aliphatic rings. The second kappa shape index (κ2) is 6.93. The highest BCUT2D eigenvalue weighted by atomic mass is 35.5. The van der Waals surface area contributed by atoms with Gasteiger partial charge in [-0.2, -0.15) is 31.3 Å². The lowest BCUT2D eigenvalue weighted by Crippen LogP contribution is -2.21. The molecule has 13 heteroatoms. The Labute approximate surface area is 156 Å². The van der Waals surface area contributed by atoms with Gasteiger partial charge in [-0.3, -0.25) is 4.79 Å². The maximum absolute atomic E-state index is 12.8. The Kier molecular flexibility index (Phi) is 4.91. The topological polar surface area (TPSA) is 73.8 Å². The van der Waals surface area contributed by atoms with Crippen molar-refractivity contribution < 1.29 is 30.9 Å². The molecule has 0 aliphatic heterocycles. The minimum Gasteiger partial charge on any atom is -0.329 e. The third-order valence-corrected chi connectivity index (χ3v) is 3.80. The van der Waals surface area contributed by atoms with E-state index in [4.69, 9.17) is 11.6 Å². The molecular weight excluding hydrogens is 418 g/mol. The van der Waals surface area contributed by atoms with Crippen molar-refractivity contribution in [2.75, 3.05) is 0 Å². The van der Waals surface area contributed by atoms with Crippen LogP contribution in [-0.4, -0.2) is 19.7 Å². The molecule has 148 valence electrons. The summed E-state index contributed by atoms with van der Waals surface area (Å²) in [5.41, 5.74) is -2.19. The van der Waals surface area contributed by atoms with E-state index in [1.165, 1.54) is 6.07 Å². The molecule has 0 aliphatic carbocycles. The average molecular weight is 425 g/mol. The lowest BCUT2D eigenvalue weighted by Gasteiger charge is -2.11. The number of hydrogen-bond donors (Lipinski definition) is 0. The summed E-state index contributed by atoms with van der Waals surface area (Å²) in [4.78, 5) is 18.7. The number of halogens is 7. The van der Waals surface area contributed by atoms with Gasteiger partial charge in [0.1, 0.15) is 5.69 Å². The zero-order valence-electron chi connectivity index (χ0n) is 13.3. The van der Waals surface area contributed by atoms with E-state index in [9.17, 15) is 31.1 Å². The number of aromatic nitrogens is 4. The van der Waals surface area contributed by atoms with E-state index in [1.54, 1.807) is 0 Å². The van der Waals surface area contributed by atoms with Gasteiger partial charge in [0.15, 0.2) is 0 Å². The molecule has 0 atom stereocenters. The Hall–Kier alpha value is -2.89. The summed E-state index contributed by atoms with van der Waals surface area (Å²) in [6, 6.07) is 3.82. The maximum atomic E-state index is 12.8. The van der Waals surface area contributed by atoms with Crippen molar-refractivity contribution in [2.45, 2.75) is 18.9 Å². The number of alkyl halides is 6. The zero-order valence-corrected chi connectivity index (χ0v) is 14.1. The summed E-state index contributed by atoms with van der Waals surface area (Å²) in [6.07, 6.45) is -8.39. The smallest absolute Gasteiger partial charge is 0.329 e. The lowest BCUT2D eigenvalue weighted by molar-refractivity contribution is -0.159. The molecule has 0 saturated heterocycles. The van der Waals surface area contributed by atoms with Gasteiger partial charge in [0.25, 0.3) is 5.56 Å². The second-order valence-corrected chi connectivity index (χ2v) is 5.83. The van der Waals surface area contributed by atoms with Gasteiger partial charge in [-0.15, -0.1) is 0 Å². The van der Waals surface area contributed by atoms with Crippen LogP contribution in [0.1, 0.15) is 17.3 Å². The van der Waals surface area contributed by atoms with E-state index in [1.807, 2.05) is 0 Å². The summed E-state index contributed by atoms with van der Waals surface area (Å²) < 4.78 is 80.8. The molecule has 0 spiro atoms. The predicted molar refractivity (Wildman–Crippen MR) is 82.3 cm³/mol. The predicted octanol–water partition coefficient (Wildman–Crippen LogP) is 4.03. The van der Waals surface area contributed by atoms with Crippen LogP contribution in [0.2, 0.25) is 5.02 Å². The molecule has 0 saturated carbocycles. The maximum Gasteiger partial charge on any atom is 0.471 e. The van der Waals surface area contributed by atoms with Gasteiger partial charge < -0.3 is 9.09 Å². The van der Waals surface area contributed by atoms with Crippen molar-refractivity contribution >= 4 is 11.6 Å². The van der Waals surface area contributed by atoms with Gasteiger partial charge >= 0.3 is 18.2 Å². The van der Waals surface area contributed by atoms with Crippen LogP contribution in [-0.2, 0) is 18.9 Å². The van der Waals surface area contributed by atoms with Crippen LogP contribution in [0.4, 0.5) is 26.3 Å². The van der Waals surface area contributed by atoms with Crippen molar-refractivity contribution in [3.8, 4) is 11.4 Å². The molecule has 0 bridgehead atoms. The fourth-order valence-corrected chi connectivity index (χ4v) is 2.31. The highest BCUT2D eigenvalue weighted by Gasteiger charge is 2.38. The van der Waals surface area contributed by atoms with Crippen molar-refractivity contribution in [2.24, 2.45) is 0 Å². The van der Waals surface area contributed by atoms with E-state index in [-0.39, 0.29) is 22.8 Å². The first-order valence-corrected chi connectivity index (χ1v) is 7.67. The molecule has 0 amide bonds. The quantitative estimate of drug-likeness (QED) is 0.593. The van der Waals surface area contributed by atoms with Crippen LogP contribution in [0, 0.1) is 0 Å². The van der Waals surface area contributed by atoms with Crippen LogP contribution in [0.5, 0.6) is 0 Å². The van der Waals surface area contributed by atoms with E-state index >= 15 is 0 Å². The number of pyridine rings is 2. The Morgan fingerprint density at radius 1 is 1.04 bits per heavy atom. The van der Waals surface area contributed by atoms with E-state index < -0.39 is 35.3 Å². The molecule has 3 rings (SSSR count). The van der Waals surface area contributed by atoms with Gasteiger partial charge in [-0.1, -0.05) is 16.8 Å². The third kappa shape index (κ3) is 4.16. The molecular formula is C15H7ClF6N4O2. The Bertz CT molecular complexity index is 1070. The Balaban J connectivity index is 1.90. The van der Waals surface area contributed by atoms with Crippen molar-refractivity contribution in [1.29, 1.82) is 0 Å². The molecule has 0 unspecified atom stereocenters. The number of nitrogens with zero attached hydrogens (tertiary/aromatic N) is 4. The molecule has 28 heavy (non-hydrogen) atoms. The van der Waals surface area contributed by atoms with Crippen LogP contribution < -0.4 is 5.56 Å².